The average Bonchev–Trinajstić information content (AvgIpc) is 3.19. The second-order valence-corrected chi connectivity index (χ2v) is 13.4. The topological polar surface area (TPSA) is 90.0 Å². The van der Waals surface area contributed by atoms with Crippen molar-refractivity contribution in [3.05, 3.63) is 23.8 Å². The monoisotopic (exact) mass is 572 g/mol. The highest BCUT2D eigenvalue weighted by Crippen LogP contribution is 2.34. The molecule has 206 valence electrons. The SMILES string of the molecule is Cc1ccc(N(C)C(=O)CN2NC(C3CCCCC3)C(Cl)C(Cl)C2=O)cc1S(=O)(=O)N1CCCCCC1. The van der Waals surface area contributed by atoms with E-state index in [0.717, 1.165) is 51.4 Å². The van der Waals surface area contributed by atoms with E-state index >= 15 is 0 Å². The van der Waals surface area contributed by atoms with Crippen molar-refractivity contribution in [3.63, 3.8) is 0 Å². The minimum Gasteiger partial charge on any atom is -0.314 e. The fourth-order valence-electron chi connectivity index (χ4n) is 5.65. The molecule has 8 nitrogen and oxygen atoms in total. The molecule has 1 N–H and O–H groups in total. The van der Waals surface area contributed by atoms with Crippen LogP contribution in [-0.2, 0) is 19.6 Å². The van der Waals surface area contributed by atoms with Gasteiger partial charge >= 0.3 is 0 Å². The van der Waals surface area contributed by atoms with Gasteiger partial charge in [-0.05, 0) is 56.2 Å². The number of hydrazine groups is 1. The first-order chi connectivity index (χ1) is 17.6. The normalized spacial score (nSPS) is 26.6. The molecule has 11 heteroatoms. The molecule has 0 radical (unpaired) electrons. The van der Waals surface area contributed by atoms with Crippen LogP contribution in [0.15, 0.2) is 23.1 Å². The molecule has 3 atom stereocenters. The highest BCUT2D eigenvalue weighted by Gasteiger charge is 2.44. The second-order valence-electron chi connectivity index (χ2n) is 10.5. The highest BCUT2D eigenvalue weighted by atomic mass is 35.5. The molecule has 0 bridgehead atoms. The summed E-state index contributed by atoms with van der Waals surface area (Å²) in [4.78, 5) is 27.8. The number of aryl methyl sites for hydroxylation is 1. The molecule has 37 heavy (non-hydrogen) atoms. The molecule has 2 aliphatic heterocycles. The van der Waals surface area contributed by atoms with Crippen LogP contribution in [0.25, 0.3) is 0 Å². The van der Waals surface area contributed by atoms with Gasteiger partial charge in [0.25, 0.3) is 5.91 Å². The number of anilines is 1. The van der Waals surface area contributed by atoms with Crippen LogP contribution < -0.4 is 10.3 Å². The molecule has 2 saturated heterocycles. The van der Waals surface area contributed by atoms with E-state index in [-0.39, 0.29) is 23.4 Å². The van der Waals surface area contributed by atoms with Crippen molar-refractivity contribution in [2.45, 2.75) is 86.4 Å². The van der Waals surface area contributed by atoms with Gasteiger partial charge in [-0.25, -0.2) is 13.8 Å². The number of hydrogen-bond donors (Lipinski definition) is 1. The van der Waals surface area contributed by atoms with Crippen LogP contribution in [0.1, 0.15) is 63.4 Å². The van der Waals surface area contributed by atoms with Gasteiger partial charge in [-0.2, -0.15) is 4.31 Å². The number of carbonyl (C=O) groups is 2. The summed E-state index contributed by atoms with van der Waals surface area (Å²) in [6, 6.07) is 4.82. The maximum atomic E-state index is 13.5. The number of rotatable bonds is 6. The first kappa shape index (κ1) is 28.6. The first-order valence-corrected chi connectivity index (χ1v) is 15.7. The summed E-state index contributed by atoms with van der Waals surface area (Å²) in [6.07, 6.45) is 9.20. The number of nitrogens with zero attached hydrogens (tertiary/aromatic N) is 3. The summed E-state index contributed by atoms with van der Waals surface area (Å²) in [5.74, 6) is -0.490. The summed E-state index contributed by atoms with van der Waals surface area (Å²) >= 11 is 13.0. The van der Waals surface area contributed by atoms with Gasteiger partial charge in [-0.3, -0.25) is 14.6 Å². The first-order valence-electron chi connectivity index (χ1n) is 13.3. The van der Waals surface area contributed by atoms with E-state index in [1.165, 1.54) is 16.3 Å². The Morgan fingerprint density at radius 2 is 1.68 bits per heavy atom. The number of benzene rings is 1. The fraction of sp³-hybridized carbons (Fsp3) is 0.692. The Hall–Kier alpha value is -1.39. The Bertz CT molecular complexity index is 1090. The van der Waals surface area contributed by atoms with Gasteiger partial charge in [-0.1, -0.05) is 38.2 Å². The summed E-state index contributed by atoms with van der Waals surface area (Å²) in [7, 11) is -2.09. The van der Waals surface area contributed by atoms with Gasteiger partial charge in [0.15, 0.2) is 0 Å². The van der Waals surface area contributed by atoms with E-state index in [4.69, 9.17) is 23.2 Å². The molecule has 0 aromatic heterocycles. The zero-order valence-electron chi connectivity index (χ0n) is 21.7. The number of likely N-dealkylation sites (N-methyl/N-ethyl adjacent to an activating group) is 1. The lowest BCUT2D eigenvalue weighted by molar-refractivity contribution is -0.142. The molecule has 3 aliphatic rings. The van der Waals surface area contributed by atoms with E-state index in [2.05, 4.69) is 5.43 Å². The number of amides is 2. The van der Waals surface area contributed by atoms with Crippen molar-refractivity contribution in [3.8, 4) is 0 Å². The molecular weight excluding hydrogens is 535 g/mol. The van der Waals surface area contributed by atoms with Crippen molar-refractivity contribution < 1.29 is 18.0 Å². The molecule has 1 saturated carbocycles. The smallest absolute Gasteiger partial charge is 0.256 e. The molecular formula is C26H38Cl2N4O4S. The Balaban J connectivity index is 1.50. The minimum absolute atomic E-state index is 0.190. The standard InChI is InChI=1S/C26H38Cl2N4O4S/c1-18-12-13-20(16-21(18)37(35,36)31-14-8-3-4-9-15-31)30(2)22(33)17-32-26(34)24(28)23(27)25(29-32)19-10-6-5-7-11-19/h12-13,16,19,23-25,29H,3-11,14-15,17H2,1-2H3. The van der Waals surface area contributed by atoms with Crippen LogP contribution in [-0.4, -0.2) is 73.0 Å². The van der Waals surface area contributed by atoms with E-state index in [1.807, 2.05) is 0 Å². The Labute approximate surface area is 230 Å². The molecule has 3 unspecified atom stereocenters. The molecule has 1 aliphatic carbocycles. The lowest BCUT2D eigenvalue weighted by atomic mass is 9.81. The van der Waals surface area contributed by atoms with Crippen LogP contribution in [0.3, 0.4) is 0 Å². The molecule has 1 aromatic carbocycles. The number of alkyl halides is 2. The van der Waals surface area contributed by atoms with Crippen molar-refractivity contribution in [1.82, 2.24) is 14.7 Å². The van der Waals surface area contributed by atoms with Crippen LogP contribution in [0, 0.1) is 12.8 Å². The zero-order valence-corrected chi connectivity index (χ0v) is 24.0. The summed E-state index contributed by atoms with van der Waals surface area (Å²) in [5, 5.41) is -0.180. The molecule has 2 heterocycles. The Morgan fingerprint density at radius 3 is 2.32 bits per heavy atom. The molecule has 3 fully saturated rings. The quantitative estimate of drug-likeness (QED) is 0.519. The lowest BCUT2D eigenvalue weighted by Crippen LogP contribution is -2.66. The van der Waals surface area contributed by atoms with Crippen molar-refractivity contribution >= 4 is 50.7 Å². The third kappa shape index (κ3) is 6.27. The van der Waals surface area contributed by atoms with E-state index in [1.54, 1.807) is 36.5 Å². The largest absolute Gasteiger partial charge is 0.314 e. The zero-order chi connectivity index (χ0) is 26.7. The second kappa shape index (κ2) is 12.2. The third-order valence-electron chi connectivity index (χ3n) is 8.00. The van der Waals surface area contributed by atoms with Gasteiger partial charge in [0, 0.05) is 31.9 Å². The van der Waals surface area contributed by atoms with Gasteiger partial charge in [0.1, 0.15) is 11.9 Å². The van der Waals surface area contributed by atoms with Crippen LogP contribution in [0.4, 0.5) is 5.69 Å². The van der Waals surface area contributed by atoms with E-state index < -0.39 is 26.7 Å². The maximum Gasteiger partial charge on any atom is 0.256 e. The Morgan fingerprint density at radius 1 is 1.05 bits per heavy atom. The maximum absolute atomic E-state index is 13.5. The Kier molecular flexibility index (Phi) is 9.43. The molecule has 2 amide bonds. The van der Waals surface area contributed by atoms with E-state index in [9.17, 15) is 18.0 Å². The highest BCUT2D eigenvalue weighted by molar-refractivity contribution is 7.89. The lowest BCUT2D eigenvalue weighted by Gasteiger charge is -2.43. The van der Waals surface area contributed by atoms with E-state index in [0.29, 0.717) is 30.3 Å². The number of halogens is 2. The van der Waals surface area contributed by atoms with Crippen LogP contribution in [0.5, 0.6) is 0 Å². The summed E-state index contributed by atoms with van der Waals surface area (Å²) < 4.78 is 28.5. The average molecular weight is 574 g/mol. The van der Waals surface area contributed by atoms with Crippen LogP contribution >= 0.6 is 23.2 Å². The number of carbonyl (C=O) groups excluding carboxylic acids is 2. The van der Waals surface area contributed by atoms with Gasteiger partial charge < -0.3 is 4.90 Å². The number of nitrogens with one attached hydrogen (secondary N) is 1. The number of hydrogen-bond acceptors (Lipinski definition) is 5. The van der Waals surface area contributed by atoms with Gasteiger partial charge in [0.2, 0.25) is 15.9 Å². The van der Waals surface area contributed by atoms with Gasteiger partial charge in [-0.15, -0.1) is 23.2 Å². The minimum atomic E-state index is -3.68. The molecule has 4 rings (SSSR count). The fourth-order valence-corrected chi connectivity index (χ4v) is 8.05. The summed E-state index contributed by atoms with van der Waals surface area (Å²) in [6.45, 7) is 2.55. The summed E-state index contributed by atoms with van der Waals surface area (Å²) in [5.41, 5.74) is 4.29. The van der Waals surface area contributed by atoms with Crippen molar-refractivity contribution in [2.75, 3.05) is 31.6 Å². The van der Waals surface area contributed by atoms with Crippen LogP contribution in [0.2, 0.25) is 0 Å². The number of sulfonamides is 1. The predicted molar refractivity (Wildman–Crippen MR) is 146 cm³/mol. The predicted octanol–water partition coefficient (Wildman–Crippen LogP) is 4.03. The van der Waals surface area contributed by atoms with Crippen molar-refractivity contribution in [2.24, 2.45) is 5.92 Å². The van der Waals surface area contributed by atoms with Crippen molar-refractivity contribution in [1.29, 1.82) is 0 Å². The third-order valence-corrected chi connectivity index (χ3v) is 11.1. The van der Waals surface area contributed by atoms with Gasteiger partial charge in [0.05, 0.1) is 10.3 Å². The molecule has 1 aromatic rings. The molecule has 0 spiro atoms.